The molecule has 0 bridgehead atoms. The van der Waals surface area contributed by atoms with E-state index in [1.165, 1.54) is 12.0 Å². The molecule has 0 amide bonds. The van der Waals surface area contributed by atoms with Crippen LogP contribution in [0.2, 0.25) is 0 Å². The van der Waals surface area contributed by atoms with Crippen molar-refractivity contribution in [2.45, 2.75) is 19.7 Å². The summed E-state index contributed by atoms with van der Waals surface area (Å²) in [5.41, 5.74) is 0.884. The van der Waals surface area contributed by atoms with Crippen molar-refractivity contribution in [2.24, 2.45) is 0 Å². The van der Waals surface area contributed by atoms with Crippen LogP contribution in [-0.2, 0) is 13.1 Å². The largest absolute Gasteiger partial charge is 0.493 e. The van der Waals surface area contributed by atoms with E-state index in [-0.39, 0.29) is 5.75 Å². The Kier molecular flexibility index (Phi) is 6.16. The van der Waals surface area contributed by atoms with E-state index in [4.69, 9.17) is 4.74 Å². The van der Waals surface area contributed by atoms with Crippen molar-refractivity contribution in [3.63, 3.8) is 0 Å². The first kappa shape index (κ1) is 17.2. The van der Waals surface area contributed by atoms with Gasteiger partial charge in [-0.3, -0.25) is 4.90 Å². The van der Waals surface area contributed by atoms with Gasteiger partial charge in [-0.1, -0.05) is 6.07 Å². The minimum Gasteiger partial charge on any atom is -0.493 e. The minimum absolute atomic E-state index is 0.0577. The van der Waals surface area contributed by atoms with Gasteiger partial charge in [0.2, 0.25) is 0 Å². The zero-order valence-electron chi connectivity index (χ0n) is 12.2. The Bertz CT molecular complexity index is 621. The van der Waals surface area contributed by atoms with Crippen molar-refractivity contribution >= 4 is 27.3 Å². The molecular weight excluding hydrogens is 376 g/mol. The van der Waals surface area contributed by atoms with Crippen molar-refractivity contribution in [3.05, 3.63) is 44.6 Å². The fraction of sp³-hybridized carbons (Fsp3) is 0.333. The summed E-state index contributed by atoms with van der Waals surface area (Å²) in [4.78, 5) is 3.33. The maximum absolute atomic E-state index is 12.4. The van der Waals surface area contributed by atoms with Gasteiger partial charge in [0, 0.05) is 18.0 Å². The minimum atomic E-state index is -2.87. The second kappa shape index (κ2) is 7.89. The van der Waals surface area contributed by atoms with E-state index in [0.29, 0.717) is 12.3 Å². The van der Waals surface area contributed by atoms with Crippen molar-refractivity contribution in [2.75, 3.05) is 14.2 Å². The Morgan fingerprint density at radius 3 is 2.55 bits per heavy atom. The first-order valence-corrected chi connectivity index (χ1v) is 8.13. The molecule has 7 heteroatoms. The molecule has 0 saturated heterocycles. The molecule has 2 aromatic rings. The van der Waals surface area contributed by atoms with Gasteiger partial charge in [-0.05, 0) is 52.8 Å². The van der Waals surface area contributed by atoms with Crippen LogP contribution in [0.4, 0.5) is 8.78 Å². The summed E-state index contributed by atoms with van der Waals surface area (Å²) in [6.45, 7) is -1.46. The molecule has 0 aliphatic heterocycles. The van der Waals surface area contributed by atoms with Crippen LogP contribution in [0.5, 0.6) is 11.5 Å². The van der Waals surface area contributed by atoms with Gasteiger partial charge in [-0.25, -0.2) is 0 Å². The van der Waals surface area contributed by atoms with E-state index in [9.17, 15) is 8.78 Å². The highest BCUT2D eigenvalue weighted by Gasteiger charge is 2.12. The maximum atomic E-state index is 12.4. The van der Waals surface area contributed by atoms with E-state index in [2.05, 4.69) is 31.6 Å². The SMILES string of the molecule is COc1ccc(CN(C)Cc2ccc(Br)s2)cc1OC(F)F. The smallest absolute Gasteiger partial charge is 0.387 e. The molecular formula is C15H16BrF2NO2S. The fourth-order valence-electron chi connectivity index (χ4n) is 2.08. The molecule has 0 radical (unpaired) electrons. The molecule has 1 aromatic heterocycles. The quantitative estimate of drug-likeness (QED) is 0.679. The van der Waals surface area contributed by atoms with E-state index < -0.39 is 6.61 Å². The molecule has 0 fully saturated rings. The van der Waals surface area contributed by atoms with Crippen molar-refractivity contribution < 1.29 is 18.3 Å². The molecule has 0 aliphatic carbocycles. The van der Waals surface area contributed by atoms with Crippen LogP contribution in [0.15, 0.2) is 34.1 Å². The Morgan fingerprint density at radius 2 is 1.95 bits per heavy atom. The van der Waals surface area contributed by atoms with Gasteiger partial charge in [-0.15, -0.1) is 11.3 Å². The molecule has 0 atom stereocenters. The molecule has 22 heavy (non-hydrogen) atoms. The van der Waals surface area contributed by atoms with E-state index in [1.54, 1.807) is 23.5 Å². The maximum Gasteiger partial charge on any atom is 0.387 e. The third-order valence-electron chi connectivity index (χ3n) is 2.95. The molecule has 0 unspecified atom stereocenters. The first-order chi connectivity index (χ1) is 10.5. The summed E-state index contributed by atoms with van der Waals surface area (Å²) >= 11 is 5.11. The van der Waals surface area contributed by atoms with E-state index >= 15 is 0 Å². The van der Waals surface area contributed by atoms with Gasteiger partial charge in [0.05, 0.1) is 10.9 Å². The lowest BCUT2D eigenvalue weighted by molar-refractivity contribution is -0.0512. The zero-order chi connectivity index (χ0) is 16.1. The summed E-state index contributed by atoms with van der Waals surface area (Å²) in [7, 11) is 3.40. The molecule has 0 saturated carbocycles. The van der Waals surface area contributed by atoms with Crippen LogP contribution in [-0.4, -0.2) is 25.7 Å². The zero-order valence-corrected chi connectivity index (χ0v) is 14.6. The van der Waals surface area contributed by atoms with Gasteiger partial charge in [-0.2, -0.15) is 8.78 Å². The lowest BCUT2D eigenvalue weighted by atomic mass is 10.2. The average molecular weight is 392 g/mol. The molecule has 120 valence electrons. The fourth-order valence-corrected chi connectivity index (χ4v) is 3.64. The normalized spacial score (nSPS) is 11.2. The highest BCUT2D eigenvalue weighted by Crippen LogP contribution is 2.30. The number of benzene rings is 1. The Labute approximate surface area is 140 Å². The number of rotatable bonds is 7. The number of thiophene rings is 1. The summed E-state index contributed by atoms with van der Waals surface area (Å²) in [5, 5.41) is 0. The number of alkyl halides is 2. The van der Waals surface area contributed by atoms with Crippen molar-refractivity contribution in [1.82, 2.24) is 4.90 Å². The number of ether oxygens (including phenoxy) is 2. The number of nitrogens with zero attached hydrogens (tertiary/aromatic N) is 1. The Morgan fingerprint density at radius 1 is 1.18 bits per heavy atom. The van der Waals surface area contributed by atoms with Gasteiger partial charge >= 0.3 is 6.61 Å². The molecule has 1 heterocycles. The third kappa shape index (κ3) is 4.93. The lowest BCUT2D eigenvalue weighted by Gasteiger charge is -2.17. The van der Waals surface area contributed by atoms with E-state index in [1.807, 2.05) is 19.2 Å². The summed E-state index contributed by atoms with van der Waals surface area (Å²) in [6, 6.07) is 9.15. The number of hydrogen-bond donors (Lipinski definition) is 0. The molecule has 0 aliphatic rings. The highest BCUT2D eigenvalue weighted by atomic mass is 79.9. The van der Waals surface area contributed by atoms with Crippen LogP contribution in [0, 0.1) is 0 Å². The average Bonchev–Trinajstić information content (AvgIpc) is 2.83. The van der Waals surface area contributed by atoms with Crippen molar-refractivity contribution in [1.29, 1.82) is 0 Å². The standard InChI is InChI=1S/C15H16BrF2NO2S/c1-19(9-11-4-6-14(16)22-11)8-10-3-5-12(20-2)13(7-10)21-15(17)18/h3-7,15H,8-9H2,1-2H3. The Balaban J connectivity index is 2.05. The van der Waals surface area contributed by atoms with Crippen LogP contribution < -0.4 is 9.47 Å². The number of methoxy groups -OCH3 is 1. The second-order valence-corrected chi connectivity index (χ2v) is 7.29. The van der Waals surface area contributed by atoms with Crippen LogP contribution >= 0.6 is 27.3 Å². The van der Waals surface area contributed by atoms with Crippen LogP contribution in [0.3, 0.4) is 0 Å². The summed E-state index contributed by atoms with van der Waals surface area (Å²) < 4.78 is 35.5. The second-order valence-electron chi connectivity index (χ2n) is 4.74. The predicted octanol–water partition coefficient (Wildman–Crippen LogP) is 4.75. The van der Waals surface area contributed by atoms with Crippen molar-refractivity contribution in [3.8, 4) is 11.5 Å². The van der Waals surface area contributed by atoms with Gasteiger partial charge < -0.3 is 9.47 Å². The predicted molar refractivity (Wildman–Crippen MR) is 86.8 cm³/mol. The topological polar surface area (TPSA) is 21.7 Å². The monoisotopic (exact) mass is 391 g/mol. The molecule has 1 aromatic carbocycles. The molecule has 0 spiro atoms. The number of halogens is 3. The Hall–Kier alpha value is -1.18. The molecule has 0 N–H and O–H groups in total. The van der Waals surface area contributed by atoms with Gasteiger partial charge in [0.15, 0.2) is 11.5 Å². The third-order valence-corrected chi connectivity index (χ3v) is 4.56. The van der Waals surface area contributed by atoms with Crippen LogP contribution in [0.25, 0.3) is 0 Å². The lowest BCUT2D eigenvalue weighted by Crippen LogP contribution is -2.16. The van der Waals surface area contributed by atoms with E-state index in [0.717, 1.165) is 15.9 Å². The highest BCUT2D eigenvalue weighted by molar-refractivity contribution is 9.11. The summed E-state index contributed by atoms with van der Waals surface area (Å²) in [5.74, 6) is 0.358. The first-order valence-electron chi connectivity index (χ1n) is 6.52. The van der Waals surface area contributed by atoms with Gasteiger partial charge in [0.1, 0.15) is 0 Å². The molecule has 2 rings (SSSR count). The van der Waals surface area contributed by atoms with Crippen LogP contribution in [0.1, 0.15) is 10.4 Å². The summed E-state index contributed by atoms with van der Waals surface area (Å²) in [6.07, 6.45) is 0. The van der Waals surface area contributed by atoms with Gasteiger partial charge in [0.25, 0.3) is 0 Å². The number of hydrogen-bond acceptors (Lipinski definition) is 4. The molecule has 3 nitrogen and oxygen atoms in total.